The first-order valence-corrected chi connectivity index (χ1v) is 4.37. The summed E-state index contributed by atoms with van der Waals surface area (Å²) in [6, 6.07) is 2.94. The molecule has 0 unspecified atom stereocenters. The van der Waals surface area contributed by atoms with Gasteiger partial charge in [-0.2, -0.15) is 0 Å². The predicted molar refractivity (Wildman–Crippen MR) is 55.4 cm³/mol. The zero-order valence-corrected chi connectivity index (χ0v) is 8.73. The number of rotatable bonds is 0. The highest BCUT2D eigenvalue weighted by molar-refractivity contribution is 5.85. The summed E-state index contributed by atoms with van der Waals surface area (Å²) in [6.07, 6.45) is 0.688. The van der Waals surface area contributed by atoms with Gasteiger partial charge in [-0.05, 0) is 18.6 Å². The summed E-state index contributed by atoms with van der Waals surface area (Å²) in [5.74, 6) is 0.381. The number of hydrogen-bond donors (Lipinski definition) is 1. The molecule has 0 aromatic heterocycles. The number of aryl methyl sites for hydroxylation is 1. The van der Waals surface area contributed by atoms with E-state index in [4.69, 9.17) is 10.5 Å². The van der Waals surface area contributed by atoms with Crippen molar-refractivity contribution >= 4 is 12.4 Å². The Balaban J connectivity index is 0.000000980. The van der Waals surface area contributed by atoms with Crippen LogP contribution in [-0.2, 0) is 0 Å². The van der Waals surface area contributed by atoms with Crippen LogP contribution in [0.2, 0.25) is 0 Å². The second kappa shape index (κ2) is 4.15. The molecule has 2 nitrogen and oxygen atoms in total. The van der Waals surface area contributed by atoms with E-state index in [0.29, 0.717) is 24.3 Å². The molecule has 4 heteroatoms. The maximum absolute atomic E-state index is 13.3. The highest BCUT2D eigenvalue weighted by atomic mass is 35.5. The zero-order chi connectivity index (χ0) is 9.42. The van der Waals surface area contributed by atoms with Crippen LogP contribution in [0.5, 0.6) is 5.75 Å². The Morgan fingerprint density at radius 3 is 2.86 bits per heavy atom. The van der Waals surface area contributed by atoms with Gasteiger partial charge in [0.25, 0.3) is 0 Å². The standard InChI is InChI=1S/C10H12FNO.ClH/c1-6-2-3-7(11)9-8(12)4-5-13-10(6)9;/h2-3,8H,4-5,12H2,1H3;1H/t8-;/m0./s1. The molecule has 0 bridgehead atoms. The molecule has 0 saturated carbocycles. The monoisotopic (exact) mass is 217 g/mol. The summed E-state index contributed by atoms with van der Waals surface area (Å²) < 4.78 is 18.7. The molecule has 1 aliphatic rings. The van der Waals surface area contributed by atoms with Gasteiger partial charge in [-0.3, -0.25) is 0 Å². The van der Waals surface area contributed by atoms with Crippen LogP contribution >= 0.6 is 12.4 Å². The van der Waals surface area contributed by atoms with Crippen LogP contribution in [0.1, 0.15) is 23.6 Å². The van der Waals surface area contributed by atoms with Crippen LogP contribution in [0.25, 0.3) is 0 Å². The lowest BCUT2D eigenvalue weighted by atomic mass is 9.98. The van der Waals surface area contributed by atoms with Gasteiger partial charge < -0.3 is 10.5 Å². The van der Waals surface area contributed by atoms with Gasteiger partial charge in [-0.15, -0.1) is 12.4 Å². The Hall–Kier alpha value is -0.800. The highest BCUT2D eigenvalue weighted by Gasteiger charge is 2.23. The van der Waals surface area contributed by atoms with Gasteiger partial charge in [0.1, 0.15) is 11.6 Å². The molecule has 1 aromatic rings. The highest BCUT2D eigenvalue weighted by Crippen LogP contribution is 2.35. The molecule has 2 rings (SSSR count). The average Bonchev–Trinajstić information content (AvgIpc) is 2.12. The van der Waals surface area contributed by atoms with Gasteiger partial charge >= 0.3 is 0 Å². The maximum Gasteiger partial charge on any atom is 0.131 e. The van der Waals surface area contributed by atoms with Gasteiger partial charge in [0, 0.05) is 18.0 Å². The molecule has 1 aromatic carbocycles. The lowest BCUT2D eigenvalue weighted by molar-refractivity contribution is 0.262. The molecule has 1 aliphatic heterocycles. The Morgan fingerprint density at radius 2 is 2.21 bits per heavy atom. The van der Waals surface area contributed by atoms with Crippen LogP contribution in [0.4, 0.5) is 4.39 Å². The largest absolute Gasteiger partial charge is 0.493 e. The van der Waals surface area contributed by atoms with Crippen LogP contribution in [0.15, 0.2) is 12.1 Å². The van der Waals surface area contributed by atoms with Gasteiger partial charge in [-0.25, -0.2) is 4.39 Å². The Morgan fingerprint density at radius 1 is 1.50 bits per heavy atom. The minimum absolute atomic E-state index is 0. The third-order valence-corrected chi connectivity index (χ3v) is 2.39. The third kappa shape index (κ3) is 1.70. The lowest BCUT2D eigenvalue weighted by Crippen LogP contribution is -2.22. The van der Waals surface area contributed by atoms with Crippen LogP contribution in [0.3, 0.4) is 0 Å². The summed E-state index contributed by atoms with van der Waals surface area (Å²) in [5, 5.41) is 0. The van der Waals surface area contributed by atoms with Gasteiger partial charge in [-0.1, -0.05) is 6.07 Å². The molecule has 78 valence electrons. The molecule has 0 radical (unpaired) electrons. The second-order valence-electron chi connectivity index (χ2n) is 3.35. The van der Waals surface area contributed by atoms with E-state index in [9.17, 15) is 4.39 Å². The quantitative estimate of drug-likeness (QED) is 0.724. The molecule has 1 heterocycles. The van der Waals surface area contributed by atoms with E-state index in [1.807, 2.05) is 6.92 Å². The second-order valence-corrected chi connectivity index (χ2v) is 3.35. The third-order valence-electron chi connectivity index (χ3n) is 2.39. The Bertz CT molecular complexity index is 343. The van der Waals surface area contributed by atoms with E-state index < -0.39 is 0 Å². The van der Waals surface area contributed by atoms with Crippen molar-refractivity contribution in [2.45, 2.75) is 19.4 Å². The molecule has 2 N–H and O–H groups in total. The first-order valence-electron chi connectivity index (χ1n) is 4.37. The lowest BCUT2D eigenvalue weighted by Gasteiger charge is -2.24. The SMILES string of the molecule is Cc1ccc(F)c2c1OCC[C@@H]2N.Cl. The summed E-state index contributed by atoms with van der Waals surface area (Å²) >= 11 is 0. The van der Waals surface area contributed by atoms with Crippen LogP contribution < -0.4 is 10.5 Å². The van der Waals surface area contributed by atoms with E-state index in [1.54, 1.807) is 6.07 Å². The summed E-state index contributed by atoms with van der Waals surface area (Å²) in [7, 11) is 0. The predicted octanol–water partition coefficient (Wildman–Crippen LogP) is 2.34. The van der Waals surface area contributed by atoms with E-state index in [2.05, 4.69) is 0 Å². The van der Waals surface area contributed by atoms with Crippen molar-refractivity contribution in [2.24, 2.45) is 5.73 Å². The Labute approximate surface area is 88.7 Å². The molecule has 0 saturated heterocycles. The maximum atomic E-state index is 13.3. The molecule has 0 amide bonds. The molecule has 14 heavy (non-hydrogen) atoms. The van der Waals surface area contributed by atoms with Gasteiger partial charge in [0.2, 0.25) is 0 Å². The summed E-state index contributed by atoms with van der Waals surface area (Å²) in [6.45, 7) is 2.48. The molecular weight excluding hydrogens is 205 g/mol. The molecule has 0 aliphatic carbocycles. The van der Waals surface area contributed by atoms with Gasteiger partial charge in [0.05, 0.1) is 6.61 Å². The minimum Gasteiger partial charge on any atom is -0.493 e. The van der Waals surface area contributed by atoms with E-state index in [-0.39, 0.29) is 24.3 Å². The number of benzene rings is 1. The van der Waals surface area contributed by atoms with Crippen LogP contribution in [0, 0.1) is 12.7 Å². The minimum atomic E-state index is -0.257. The number of fused-ring (bicyclic) bond motifs is 1. The van der Waals surface area contributed by atoms with Crippen molar-refractivity contribution in [3.63, 3.8) is 0 Å². The van der Waals surface area contributed by atoms with Crippen molar-refractivity contribution in [3.8, 4) is 5.75 Å². The summed E-state index contributed by atoms with van der Waals surface area (Å²) in [5.41, 5.74) is 7.28. The van der Waals surface area contributed by atoms with Crippen molar-refractivity contribution in [2.75, 3.05) is 6.61 Å². The fourth-order valence-electron chi connectivity index (χ4n) is 1.65. The number of halogens is 2. The van der Waals surface area contributed by atoms with Crippen molar-refractivity contribution in [3.05, 3.63) is 29.1 Å². The molecule has 0 spiro atoms. The first kappa shape index (κ1) is 11.3. The normalized spacial score (nSPS) is 19.2. The van der Waals surface area contributed by atoms with E-state index >= 15 is 0 Å². The Kier molecular flexibility index (Phi) is 3.34. The van der Waals surface area contributed by atoms with Crippen molar-refractivity contribution in [1.82, 2.24) is 0 Å². The topological polar surface area (TPSA) is 35.2 Å². The summed E-state index contributed by atoms with van der Waals surface area (Å²) in [4.78, 5) is 0. The van der Waals surface area contributed by atoms with Gasteiger partial charge in [0.15, 0.2) is 0 Å². The first-order chi connectivity index (χ1) is 6.20. The fraction of sp³-hybridized carbons (Fsp3) is 0.400. The van der Waals surface area contributed by atoms with E-state index in [0.717, 1.165) is 5.56 Å². The zero-order valence-electron chi connectivity index (χ0n) is 7.92. The number of hydrogen-bond acceptors (Lipinski definition) is 2. The molecule has 0 fully saturated rings. The molecular formula is C10H13ClFNO. The number of ether oxygens (including phenoxy) is 1. The number of nitrogens with two attached hydrogens (primary N) is 1. The van der Waals surface area contributed by atoms with E-state index in [1.165, 1.54) is 6.07 Å². The van der Waals surface area contributed by atoms with Crippen molar-refractivity contribution in [1.29, 1.82) is 0 Å². The van der Waals surface area contributed by atoms with Crippen molar-refractivity contribution < 1.29 is 9.13 Å². The smallest absolute Gasteiger partial charge is 0.131 e. The fourth-order valence-corrected chi connectivity index (χ4v) is 1.65. The van der Waals surface area contributed by atoms with Crippen LogP contribution in [-0.4, -0.2) is 6.61 Å². The average molecular weight is 218 g/mol. The molecule has 1 atom stereocenters.